The molecule has 1 aliphatic rings. The van der Waals surface area contributed by atoms with Crippen LogP contribution in [0.1, 0.15) is 24.1 Å². The Bertz CT molecular complexity index is 1110. The summed E-state index contributed by atoms with van der Waals surface area (Å²) in [6, 6.07) is 16.1. The van der Waals surface area contributed by atoms with E-state index in [2.05, 4.69) is 16.5 Å². The standard InChI is InChI=1S/C22H19N3O4/c1-27-17-7-6-15(11-19(17)28-2)18-12-20(25-29-18)22(8-9-22)21(26)24-16-5-3-4-14(10-16)13-23/h3-7,10-12H,8-9H2,1-2H3,(H,24,26). The Morgan fingerprint density at radius 3 is 2.62 bits per heavy atom. The highest BCUT2D eigenvalue weighted by Gasteiger charge is 2.53. The van der Waals surface area contributed by atoms with Gasteiger partial charge in [-0.05, 0) is 49.2 Å². The van der Waals surface area contributed by atoms with Crippen LogP contribution in [0.4, 0.5) is 5.69 Å². The van der Waals surface area contributed by atoms with E-state index < -0.39 is 5.41 Å². The highest BCUT2D eigenvalue weighted by molar-refractivity contribution is 6.01. The van der Waals surface area contributed by atoms with Crippen LogP contribution in [0.5, 0.6) is 11.5 Å². The first-order valence-corrected chi connectivity index (χ1v) is 9.11. The monoisotopic (exact) mass is 389 g/mol. The second-order valence-corrected chi connectivity index (χ2v) is 6.88. The maximum Gasteiger partial charge on any atom is 0.236 e. The molecule has 1 amide bonds. The third kappa shape index (κ3) is 3.41. The van der Waals surface area contributed by atoms with Gasteiger partial charge in [0, 0.05) is 17.3 Å². The number of hydrogen-bond donors (Lipinski definition) is 1. The molecule has 0 unspecified atom stereocenters. The molecule has 1 heterocycles. The number of benzene rings is 2. The lowest BCUT2D eigenvalue weighted by Crippen LogP contribution is -2.28. The predicted molar refractivity (Wildman–Crippen MR) is 106 cm³/mol. The van der Waals surface area contributed by atoms with Gasteiger partial charge in [0.05, 0.1) is 37.0 Å². The molecule has 4 rings (SSSR count). The quantitative estimate of drug-likeness (QED) is 0.687. The number of nitriles is 1. The van der Waals surface area contributed by atoms with Crippen LogP contribution >= 0.6 is 0 Å². The van der Waals surface area contributed by atoms with E-state index in [4.69, 9.17) is 19.3 Å². The summed E-state index contributed by atoms with van der Waals surface area (Å²) in [5, 5.41) is 16.1. The molecule has 1 aliphatic carbocycles. The van der Waals surface area contributed by atoms with Crippen molar-refractivity contribution in [2.45, 2.75) is 18.3 Å². The molecular formula is C22H19N3O4. The molecule has 0 spiro atoms. The molecule has 0 saturated heterocycles. The summed E-state index contributed by atoms with van der Waals surface area (Å²) in [4.78, 5) is 12.9. The summed E-state index contributed by atoms with van der Waals surface area (Å²) in [7, 11) is 3.14. The Labute approximate surface area is 167 Å². The molecule has 1 N–H and O–H groups in total. The second kappa shape index (κ2) is 7.32. The maximum atomic E-state index is 12.9. The van der Waals surface area contributed by atoms with E-state index >= 15 is 0 Å². The Balaban J connectivity index is 1.57. The number of ether oxygens (including phenoxy) is 2. The Hall–Kier alpha value is -3.79. The molecule has 0 bridgehead atoms. The second-order valence-electron chi connectivity index (χ2n) is 6.88. The van der Waals surface area contributed by atoms with Gasteiger partial charge in [-0.1, -0.05) is 11.2 Å². The first-order valence-electron chi connectivity index (χ1n) is 9.11. The molecule has 0 aliphatic heterocycles. The maximum absolute atomic E-state index is 12.9. The van der Waals surface area contributed by atoms with E-state index in [1.54, 1.807) is 56.7 Å². The zero-order valence-electron chi connectivity index (χ0n) is 16.1. The highest BCUT2D eigenvalue weighted by atomic mass is 16.5. The molecule has 1 aromatic heterocycles. The van der Waals surface area contributed by atoms with Gasteiger partial charge in [-0.25, -0.2) is 0 Å². The van der Waals surface area contributed by atoms with Gasteiger partial charge in [0.1, 0.15) is 0 Å². The van der Waals surface area contributed by atoms with Gasteiger partial charge in [-0.2, -0.15) is 5.26 Å². The van der Waals surface area contributed by atoms with E-state index in [0.29, 0.717) is 47.0 Å². The number of methoxy groups -OCH3 is 2. The third-order valence-corrected chi connectivity index (χ3v) is 5.10. The molecule has 0 atom stereocenters. The fourth-order valence-corrected chi connectivity index (χ4v) is 3.27. The Morgan fingerprint density at radius 2 is 1.93 bits per heavy atom. The summed E-state index contributed by atoms with van der Waals surface area (Å²) in [5.41, 5.74) is 1.74. The number of carbonyl (C=O) groups is 1. The molecule has 1 saturated carbocycles. The highest BCUT2D eigenvalue weighted by Crippen LogP contribution is 2.49. The van der Waals surface area contributed by atoms with Crippen LogP contribution in [-0.2, 0) is 10.2 Å². The fourth-order valence-electron chi connectivity index (χ4n) is 3.27. The third-order valence-electron chi connectivity index (χ3n) is 5.10. The minimum atomic E-state index is -0.707. The lowest BCUT2D eigenvalue weighted by molar-refractivity contribution is -0.118. The van der Waals surface area contributed by atoms with Gasteiger partial charge in [0.2, 0.25) is 5.91 Å². The van der Waals surface area contributed by atoms with Crippen LogP contribution in [0.25, 0.3) is 11.3 Å². The molecule has 1 fully saturated rings. The number of hydrogen-bond acceptors (Lipinski definition) is 6. The number of aromatic nitrogens is 1. The fraction of sp³-hybridized carbons (Fsp3) is 0.227. The van der Waals surface area contributed by atoms with Crippen LogP contribution < -0.4 is 14.8 Å². The van der Waals surface area contributed by atoms with Crippen molar-refractivity contribution in [3.8, 4) is 28.9 Å². The summed E-state index contributed by atoms with van der Waals surface area (Å²) in [6.07, 6.45) is 1.38. The van der Waals surface area contributed by atoms with Gasteiger partial charge in [-0.15, -0.1) is 0 Å². The average molecular weight is 389 g/mol. The minimum absolute atomic E-state index is 0.153. The molecule has 7 nitrogen and oxygen atoms in total. The van der Waals surface area contributed by atoms with Crippen molar-refractivity contribution in [2.75, 3.05) is 19.5 Å². The van der Waals surface area contributed by atoms with Crippen molar-refractivity contribution >= 4 is 11.6 Å². The van der Waals surface area contributed by atoms with Gasteiger partial charge < -0.3 is 19.3 Å². The van der Waals surface area contributed by atoms with Gasteiger partial charge in [0.15, 0.2) is 17.3 Å². The van der Waals surface area contributed by atoms with Crippen molar-refractivity contribution in [1.29, 1.82) is 5.26 Å². The zero-order valence-corrected chi connectivity index (χ0v) is 16.1. The molecule has 146 valence electrons. The first kappa shape index (κ1) is 18.6. The van der Waals surface area contributed by atoms with Crippen molar-refractivity contribution in [2.24, 2.45) is 0 Å². The van der Waals surface area contributed by atoms with Crippen LogP contribution in [0, 0.1) is 11.3 Å². The van der Waals surface area contributed by atoms with Crippen molar-refractivity contribution in [3.63, 3.8) is 0 Å². The molecule has 29 heavy (non-hydrogen) atoms. The molecule has 3 aromatic rings. The van der Waals surface area contributed by atoms with Crippen LogP contribution in [0.2, 0.25) is 0 Å². The van der Waals surface area contributed by atoms with Crippen molar-refractivity contribution < 1.29 is 18.8 Å². The largest absolute Gasteiger partial charge is 0.493 e. The number of nitrogens with one attached hydrogen (secondary N) is 1. The minimum Gasteiger partial charge on any atom is -0.493 e. The molecule has 0 radical (unpaired) electrons. The van der Waals surface area contributed by atoms with Gasteiger partial charge >= 0.3 is 0 Å². The number of anilines is 1. The topological polar surface area (TPSA) is 97.4 Å². The molecule has 7 heteroatoms. The number of carbonyl (C=O) groups excluding carboxylic acids is 1. The van der Waals surface area contributed by atoms with E-state index in [0.717, 1.165) is 5.56 Å². The summed E-state index contributed by atoms with van der Waals surface area (Å²) in [5.74, 6) is 1.60. The number of amides is 1. The van der Waals surface area contributed by atoms with Crippen LogP contribution in [-0.4, -0.2) is 25.3 Å². The van der Waals surface area contributed by atoms with E-state index in [1.165, 1.54) is 0 Å². The van der Waals surface area contributed by atoms with Crippen molar-refractivity contribution in [3.05, 3.63) is 59.8 Å². The van der Waals surface area contributed by atoms with Gasteiger partial charge in [-0.3, -0.25) is 4.79 Å². The summed E-state index contributed by atoms with van der Waals surface area (Å²) >= 11 is 0. The SMILES string of the molecule is COc1ccc(-c2cc(C3(C(=O)Nc4cccc(C#N)c4)CC3)no2)cc1OC. The van der Waals surface area contributed by atoms with Crippen molar-refractivity contribution in [1.82, 2.24) is 5.16 Å². The lowest BCUT2D eigenvalue weighted by atomic mass is 10.00. The number of nitrogens with zero attached hydrogens (tertiary/aromatic N) is 2. The predicted octanol–water partition coefficient (Wildman–Crippen LogP) is 3.90. The molecular weight excluding hydrogens is 370 g/mol. The van der Waals surface area contributed by atoms with Crippen LogP contribution in [0.15, 0.2) is 53.1 Å². The summed E-state index contributed by atoms with van der Waals surface area (Å²) in [6.45, 7) is 0. The smallest absolute Gasteiger partial charge is 0.236 e. The normalized spacial score (nSPS) is 14.0. The Morgan fingerprint density at radius 1 is 1.14 bits per heavy atom. The molecule has 2 aromatic carbocycles. The van der Waals surface area contributed by atoms with E-state index in [-0.39, 0.29) is 5.91 Å². The average Bonchev–Trinajstić information content (AvgIpc) is 3.43. The number of rotatable bonds is 6. The van der Waals surface area contributed by atoms with Crippen LogP contribution in [0.3, 0.4) is 0 Å². The van der Waals surface area contributed by atoms with E-state index in [1.807, 2.05) is 6.07 Å². The van der Waals surface area contributed by atoms with Gasteiger partial charge in [0.25, 0.3) is 0 Å². The zero-order chi connectivity index (χ0) is 20.4. The lowest BCUT2D eigenvalue weighted by Gasteiger charge is -2.12. The summed E-state index contributed by atoms with van der Waals surface area (Å²) < 4.78 is 16.1. The van der Waals surface area contributed by atoms with E-state index in [9.17, 15) is 4.79 Å². The first-order chi connectivity index (χ1) is 14.1. The Kier molecular flexibility index (Phi) is 4.69.